The van der Waals surface area contributed by atoms with E-state index in [9.17, 15) is 4.79 Å². The number of carbonyl (C=O) groups is 1. The summed E-state index contributed by atoms with van der Waals surface area (Å²) < 4.78 is 0. The largest absolute Gasteiger partial charge is 0.384 e. The summed E-state index contributed by atoms with van der Waals surface area (Å²) in [5, 5.41) is 3.29. The van der Waals surface area contributed by atoms with Crippen LogP contribution in [0.2, 0.25) is 0 Å². The highest BCUT2D eigenvalue weighted by atomic mass is 16.1. The van der Waals surface area contributed by atoms with E-state index in [1.165, 1.54) is 5.56 Å². The van der Waals surface area contributed by atoms with Crippen LogP contribution in [0, 0.1) is 0 Å². The van der Waals surface area contributed by atoms with Gasteiger partial charge in [-0.1, -0.05) is 18.2 Å². The maximum absolute atomic E-state index is 12.2. The van der Waals surface area contributed by atoms with Crippen LogP contribution in [0.5, 0.6) is 0 Å². The average Bonchev–Trinajstić information content (AvgIpc) is 2.87. The lowest BCUT2D eigenvalue weighted by molar-refractivity contribution is 0.0993. The van der Waals surface area contributed by atoms with Crippen molar-refractivity contribution in [3.63, 3.8) is 0 Å². The van der Waals surface area contributed by atoms with Crippen molar-refractivity contribution in [2.45, 2.75) is 12.8 Å². The molecular formula is C15H14N2O. The van der Waals surface area contributed by atoms with Gasteiger partial charge >= 0.3 is 0 Å². The lowest BCUT2D eigenvalue weighted by Gasteiger charge is -2.04. The van der Waals surface area contributed by atoms with Crippen LogP contribution in [-0.4, -0.2) is 17.3 Å². The zero-order valence-corrected chi connectivity index (χ0v) is 10.0. The van der Waals surface area contributed by atoms with E-state index >= 15 is 0 Å². The molecule has 0 radical (unpaired) electrons. The first-order chi connectivity index (χ1) is 8.83. The molecule has 0 aliphatic carbocycles. The molecule has 0 atom stereocenters. The lowest BCUT2D eigenvalue weighted by atomic mass is 10.0. The number of ketones is 1. The number of nitrogens with one attached hydrogen (secondary N) is 1. The Hall–Kier alpha value is -2.16. The number of pyridine rings is 1. The Bertz CT molecular complexity index is 578. The van der Waals surface area contributed by atoms with E-state index in [2.05, 4.69) is 10.3 Å². The van der Waals surface area contributed by atoms with Gasteiger partial charge in [-0.3, -0.25) is 9.78 Å². The van der Waals surface area contributed by atoms with Gasteiger partial charge in [0.15, 0.2) is 5.78 Å². The summed E-state index contributed by atoms with van der Waals surface area (Å²) in [6, 6.07) is 9.71. The molecule has 0 unspecified atom stereocenters. The molecule has 1 aliphatic rings. The highest BCUT2D eigenvalue weighted by Gasteiger charge is 2.13. The van der Waals surface area contributed by atoms with Crippen molar-refractivity contribution in [3.05, 3.63) is 59.4 Å². The molecule has 1 aromatic heterocycles. The van der Waals surface area contributed by atoms with Crippen LogP contribution in [-0.2, 0) is 12.8 Å². The van der Waals surface area contributed by atoms with Gasteiger partial charge in [0.25, 0.3) is 0 Å². The number of hydrogen-bond acceptors (Lipinski definition) is 3. The van der Waals surface area contributed by atoms with Gasteiger partial charge in [0.1, 0.15) is 0 Å². The quantitative estimate of drug-likeness (QED) is 0.835. The molecule has 0 spiro atoms. The summed E-state index contributed by atoms with van der Waals surface area (Å²) in [6.07, 6.45) is 4.91. The van der Waals surface area contributed by atoms with Gasteiger partial charge < -0.3 is 5.32 Å². The van der Waals surface area contributed by atoms with Gasteiger partial charge in [-0.15, -0.1) is 0 Å². The van der Waals surface area contributed by atoms with Crippen molar-refractivity contribution < 1.29 is 4.79 Å². The maximum atomic E-state index is 12.2. The van der Waals surface area contributed by atoms with Crippen LogP contribution >= 0.6 is 0 Å². The fourth-order valence-corrected chi connectivity index (χ4v) is 2.25. The minimum atomic E-state index is 0.138. The van der Waals surface area contributed by atoms with Crippen LogP contribution in [0.4, 0.5) is 5.69 Å². The van der Waals surface area contributed by atoms with Crippen molar-refractivity contribution >= 4 is 11.5 Å². The highest BCUT2D eigenvalue weighted by Crippen LogP contribution is 2.23. The molecule has 90 valence electrons. The zero-order valence-electron chi connectivity index (χ0n) is 10.0. The van der Waals surface area contributed by atoms with E-state index < -0.39 is 0 Å². The van der Waals surface area contributed by atoms with Gasteiger partial charge in [0, 0.05) is 36.6 Å². The molecule has 0 amide bonds. The molecule has 2 heterocycles. The zero-order chi connectivity index (χ0) is 12.4. The monoisotopic (exact) mass is 238 g/mol. The third kappa shape index (κ3) is 2.12. The Morgan fingerprint density at radius 3 is 3.11 bits per heavy atom. The molecule has 0 saturated carbocycles. The van der Waals surface area contributed by atoms with E-state index in [1.54, 1.807) is 12.4 Å². The number of carbonyl (C=O) groups excluding carboxylic acids is 1. The molecular weight excluding hydrogens is 224 g/mol. The van der Waals surface area contributed by atoms with Crippen molar-refractivity contribution in [1.29, 1.82) is 0 Å². The maximum Gasteiger partial charge on any atom is 0.167 e. The number of rotatable bonds is 3. The molecule has 1 aliphatic heterocycles. The molecule has 3 heteroatoms. The molecule has 3 nitrogen and oxygen atoms in total. The predicted octanol–water partition coefficient (Wildman–Crippen LogP) is 2.48. The van der Waals surface area contributed by atoms with Gasteiger partial charge in [-0.05, 0) is 29.7 Å². The van der Waals surface area contributed by atoms with Gasteiger partial charge in [-0.25, -0.2) is 0 Å². The first-order valence-corrected chi connectivity index (χ1v) is 6.12. The van der Waals surface area contributed by atoms with Crippen LogP contribution in [0.15, 0.2) is 42.7 Å². The van der Waals surface area contributed by atoms with E-state index in [1.807, 2.05) is 30.3 Å². The highest BCUT2D eigenvalue weighted by molar-refractivity contribution is 5.98. The topological polar surface area (TPSA) is 42.0 Å². The second-order valence-corrected chi connectivity index (χ2v) is 4.51. The second kappa shape index (κ2) is 4.61. The minimum Gasteiger partial charge on any atom is -0.384 e. The number of anilines is 1. The molecule has 18 heavy (non-hydrogen) atoms. The summed E-state index contributed by atoms with van der Waals surface area (Å²) >= 11 is 0. The lowest BCUT2D eigenvalue weighted by Crippen LogP contribution is -2.04. The van der Waals surface area contributed by atoms with Crippen LogP contribution in [0.25, 0.3) is 0 Å². The fourth-order valence-electron chi connectivity index (χ4n) is 2.25. The first kappa shape index (κ1) is 11.0. The Kier molecular flexibility index (Phi) is 2.81. The normalized spacial score (nSPS) is 12.9. The number of benzene rings is 1. The summed E-state index contributed by atoms with van der Waals surface area (Å²) in [4.78, 5) is 16.2. The van der Waals surface area contributed by atoms with Crippen LogP contribution in [0.1, 0.15) is 21.5 Å². The summed E-state index contributed by atoms with van der Waals surface area (Å²) in [7, 11) is 0. The molecule has 1 N–H and O–H groups in total. The molecule has 0 bridgehead atoms. The summed E-state index contributed by atoms with van der Waals surface area (Å²) in [5.74, 6) is 0.138. The number of nitrogens with zero attached hydrogens (tertiary/aromatic N) is 1. The van der Waals surface area contributed by atoms with Crippen molar-refractivity contribution in [2.24, 2.45) is 0 Å². The van der Waals surface area contributed by atoms with Crippen molar-refractivity contribution in [3.8, 4) is 0 Å². The van der Waals surface area contributed by atoms with Gasteiger partial charge in [0.05, 0.1) is 0 Å². The molecule has 1 aromatic carbocycles. The third-order valence-corrected chi connectivity index (χ3v) is 3.23. The smallest absolute Gasteiger partial charge is 0.167 e. The Morgan fingerprint density at radius 1 is 1.33 bits per heavy atom. The number of Topliss-reactive ketones (excluding diaryl/α,β-unsaturated/α-hetero) is 1. The van der Waals surface area contributed by atoms with Crippen LogP contribution in [0.3, 0.4) is 0 Å². The molecule has 0 saturated heterocycles. The van der Waals surface area contributed by atoms with Crippen LogP contribution < -0.4 is 5.32 Å². The number of aromatic nitrogens is 1. The number of fused-ring (bicyclic) bond motifs is 1. The fraction of sp³-hybridized carbons (Fsp3) is 0.200. The molecule has 0 fully saturated rings. The average molecular weight is 238 g/mol. The first-order valence-electron chi connectivity index (χ1n) is 6.12. The predicted molar refractivity (Wildman–Crippen MR) is 70.9 cm³/mol. The SMILES string of the molecule is O=C(Cc1cccnc1)c1ccc2c(c1)NCC2. The Morgan fingerprint density at radius 2 is 2.28 bits per heavy atom. The van der Waals surface area contributed by atoms with E-state index in [-0.39, 0.29) is 5.78 Å². The van der Waals surface area contributed by atoms with Gasteiger partial charge in [0.2, 0.25) is 0 Å². The van der Waals surface area contributed by atoms with E-state index in [0.717, 1.165) is 29.8 Å². The van der Waals surface area contributed by atoms with Crippen molar-refractivity contribution in [1.82, 2.24) is 4.98 Å². The Labute approximate surface area is 106 Å². The molecule has 2 aromatic rings. The second-order valence-electron chi connectivity index (χ2n) is 4.51. The van der Waals surface area contributed by atoms with E-state index in [0.29, 0.717) is 6.42 Å². The molecule has 3 rings (SSSR count). The standard InChI is InChI=1S/C15H14N2O/c18-15(8-11-2-1-6-16-10-11)13-4-3-12-5-7-17-14(12)9-13/h1-4,6,9-10,17H,5,7-8H2. The summed E-state index contributed by atoms with van der Waals surface area (Å²) in [5.41, 5.74) is 4.13. The summed E-state index contributed by atoms with van der Waals surface area (Å²) in [6.45, 7) is 0.968. The Balaban J connectivity index is 1.81. The number of hydrogen-bond donors (Lipinski definition) is 1. The van der Waals surface area contributed by atoms with E-state index in [4.69, 9.17) is 0 Å². The third-order valence-electron chi connectivity index (χ3n) is 3.23. The van der Waals surface area contributed by atoms with Crippen molar-refractivity contribution in [2.75, 3.05) is 11.9 Å². The minimum absolute atomic E-state index is 0.138. The van der Waals surface area contributed by atoms with Gasteiger partial charge in [-0.2, -0.15) is 0 Å².